The molecule has 158 valence electrons. The van der Waals surface area contributed by atoms with Gasteiger partial charge in [-0.15, -0.1) is 10.2 Å². The van der Waals surface area contributed by atoms with E-state index in [4.69, 9.17) is 0 Å². The van der Waals surface area contributed by atoms with Crippen molar-refractivity contribution < 1.29 is 14.7 Å². The Hall–Kier alpha value is -2.97. The highest BCUT2D eigenvalue weighted by molar-refractivity contribution is 8.00. The molecule has 31 heavy (non-hydrogen) atoms. The lowest BCUT2D eigenvalue weighted by atomic mass is 9.94. The van der Waals surface area contributed by atoms with Gasteiger partial charge in [0.25, 0.3) is 5.78 Å². The summed E-state index contributed by atoms with van der Waals surface area (Å²) in [5.74, 6) is -1.65. The second-order valence-corrected chi connectivity index (χ2v) is 9.19. The summed E-state index contributed by atoms with van der Waals surface area (Å²) in [6, 6.07) is 14.1. The first-order valence-corrected chi connectivity index (χ1v) is 11.8. The van der Waals surface area contributed by atoms with Crippen molar-refractivity contribution in [2.24, 2.45) is 0 Å². The molecule has 2 aromatic carbocycles. The third-order valence-corrected chi connectivity index (χ3v) is 7.15. The number of thioether (sulfide) groups is 1. The summed E-state index contributed by atoms with van der Waals surface area (Å²) in [4.78, 5) is 27.5. The second-order valence-electron chi connectivity index (χ2n) is 7.18. The van der Waals surface area contributed by atoms with Gasteiger partial charge in [0.1, 0.15) is 5.76 Å². The van der Waals surface area contributed by atoms with E-state index in [1.54, 1.807) is 12.1 Å². The number of benzene rings is 2. The van der Waals surface area contributed by atoms with E-state index in [1.165, 1.54) is 28.0 Å². The van der Waals surface area contributed by atoms with Crippen molar-refractivity contribution in [3.05, 3.63) is 76.4 Å². The molecule has 1 aromatic heterocycles. The smallest absolute Gasteiger partial charge is 0.301 e. The maximum absolute atomic E-state index is 13.1. The van der Waals surface area contributed by atoms with Crippen LogP contribution in [-0.4, -0.2) is 33.3 Å². The number of hydrogen-bond acceptors (Lipinski definition) is 7. The molecule has 0 bridgehead atoms. The largest absolute Gasteiger partial charge is 0.507 e. The molecule has 1 fully saturated rings. The van der Waals surface area contributed by atoms with Gasteiger partial charge >= 0.3 is 5.91 Å². The van der Waals surface area contributed by atoms with Crippen LogP contribution in [0, 0.1) is 6.92 Å². The normalized spacial score (nSPS) is 18.0. The number of Topliss-reactive ketones (excluding diaryl/α,β-unsaturated/α-hetero) is 1. The molecule has 1 atom stereocenters. The van der Waals surface area contributed by atoms with Crippen molar-refractivity contribution in [1.29, 1.82) is 0 Å². The average molecular weight is 452 g/mol. The van der Waals surface area contributed by atoms with Crippen LogP contribution in [0.2, 0.25) is 0 Å². The molecule has 2 heterocycles. The molecule has 1 aliphatic heterocycles. The third-order valence-electron chi connectivity index (χ3n) is 5.25. The first kappa shape index (κ1) is 21.3. The summed E-state index contributed by atoms with van der Waals surface area (Å²) in [5, 5.41) is 19.6. The highest BCUT2D eigenvalue weighted by Gasteiger charge is 2.48. The number of rotatable bonds is 5. The Morgan fingerprint density at radius 3 is 2.35 bits per heavy atom. The van der Waals surface area contributed by atoms with Crippen LogP contribution in [0.3, 0.4) is 0 Å². The Morgan fingerprint density at radius 1 is 1.10 bits per heavy atom. The molecule has 0 aliphatic carbocycles. The molecule has 8 heteroatoms. The minimum absolute atomic E-state index is 0.0546. The number of amides is 1. The number of ketones is 1. The highest BCUT2D eigenvalue weighted by atomic mass is 32.2. The topological polar surface area (TPSA) is 83.4 Å². The fourth-order valence-corrected chi connectivity index (χ4v) is 4.82. The third kappa shape index (κ3) is 3.88. The lowest BCUT2D eigenvalue weighted by molar-refractivity contribution is -0.132. The Morgan fingerprint density at radius 2 is 1.77 bits per heavy atom. The van der Waals surface area contributed by atoms with Gasteiger partial charge in [0, 0.05) is 5.56 Å². The van der Waals surface area contributed by atoms with Gasteiger partial charge in [-0.3, -0.25) is 14.5 Å². The molecule has 0 spiro atoms. The summed E-state index contributed by atoms with van der Waals surface area (Å²) in [7, 11) is 0. The number of aromatic nitrogens is 2. The van der Waals surface area contributed by atoms with Gasteiger partial charge in [-0.05, 0) is 30.7 Å². The maximum Gasteiger partial charge on any atom is 0.301 e. The van der Waals surface area contributed by atoms with E-state index < -0.39 is 17.7 Å². The zero-order valence-electron chi connectivity index (χ0n) is 17.3. The number of nitrogens with zero attached hydrogens (tertiary/aromatic N) is 3. The van der Waals surface area contributed by atoms with E-state index in [-0.39, 0.29) is 11.3 Å². The van der Waals surface area contributed by atoms with Crippen molar-refractivity contribution in [3.8, 4) is 0 Å². The van der Waals surface area contributed by atoms with Crippen LogP contribution in [0.25, 0.3) is 5.76 Å². The van der Waals surface area contributed by atoms with Gasteiger partial charge in [-0.2, -0.15) is 0 Å². The van der Waals surface area contributed by atoms with Crippen LogP contribution in [-0.2, 0) is 16.0 Å². The SMILES string of the molecule is CCc1ccc(C2/C(=C(/O)c3ccc(C)cc3)C(=O)C(=O)N2c2nnc(SC)s2)cc1. The maximum atomic E-state index is 13.1. The van der Waals surface area contributed by atoms with Crippen molar-refractivity contribution in [2.75, 3.05) is 11.2 Å². The highest BCUT2D eigenvalue weighted by Crippen LogP contribution is 2.43. The quantitative estimate of drug-likeness (QED) is 0.198. The van der Waals surface area contributed by atoms with E-state index in [2.05, 4.69) is 17.1 Å². The molecule has 6 nitrogen and oxygen atoms in total. The van der Waals surface area contributed by atoms with Crippen molar-refractivity contribution in [3.63, 3.8) is 0 Å². The molecule has 1 aliphatic rings. The Bertz CT molecular complexity index is 1170. The first-order chi connectivity index (χ1) is 14.9. The number of carbonyl (C=O) groups is 2. The van der Waals surface area contributed by atoms with E-state index in [9.17, 15) is 14.7 Å². The summed E-state index contributed by atoms with van der Waals surface area (Å²) in [6.45, 7) is 4.00. The van der Waals surface area contributed by atoms with Gasteiger partial charge in [0.15, 0.2) is 4.34 Å². The molecule has 4 rings (SSSR count). The average Bonchev–Trinajstić information content (AvgIpc) is 3.36. The zero-order chi connectivity index (χ0) is 22.1. The zero-order valence-corrected chi connectivity index (χ0v) is 19.0. The van der Waals surface area contributed by atoms with Gasteiger partial charge in [-0.25, -0.2) is 0 Å². The minimum atomic E-state index is -0.783. The van der Waals surface area contributed by atoms with E-state index in [0.717, 1.165) is 23.1 Å². The number of aryl methyl sites for hydroxylation is 2. The van der Waals surface area contributed by atoms with Crippen molar-refractivity contribution in [1.82, 2.24) is 10.2 Å². The van der Waals surface area contributed by atoms with Crippen molar-refractivity contribution in [2.45, 2.75) is 30.6 Å². The Kier molecular flexibility index (Phi) is 5.93. The predicted octanol–water partition coefficient (Wildman–Crippen LogP) is 4.76. The van der Waals surface area contributed by atoms with Crippen LogP contribution in [0.4, 0.5) is 5.13 Å². The Balaban J connectivity index is 1.91. The fraction of sp³-hybridized carbons (Fsp3) is 0.217. The summed E-state index contributed by atoms with van der Waals surface area (Å²) in [5.41, 5.74) is 3.44. The van der Waals surface area contributed by atoms with Gasteiger partial charge in [-0.1, -0.05) is 84.1 Å². The molecule has 1 unspecified atom stereocenters. The number of aliphatic hydroxyl groups is 1. The van der Waals surface area contributed by atoms with E-state index in [1.807, 2.05) is 49.6 Å². The number of hydrogen-bond donors (Lipinski definition) is 1. The predicted molar refractivity (Wildman–Crippen MR) is 123 cm³/mol. The molecule has 1 amide bonds. The van der Waals surface area contributed by atoms with Gasteiger partial charge in [0.2, 0.25) is 5.13 Å². The van der Waals surface area contributed by atoms with Crippen LogP contribution in [0.15, 0.2) is 58.4 Å². The standard InChI is InChI=1S/C23H21N3O3S2/c1-4-14-7-11-15(12-8-14)18-17(19(27)16-9-5-13(2)6-10-16)20(28)21(29)26(18)22-24-25-23(30-3)31-22/h5-12,18,27H,4H2,1-3H3/b19-17-. The minimum Gasteiger partial charge on any atom is -0.507 e. The van der Waals surface area contributed by atoms with Gasteiger partial charge in [0.05, 0.1) is 11.6 Å². The van der Waals surface area contributed by atoms with Crippen LogP contribution >= 0.6 is 23.1 Å². The summed E-state index contributed by atoms with van der Waals surface area (Å²) < 4.78 is 0.690. The van der Waals surface area contributed by atoms with Crippen LogP contribution in [0.5, 0.6) is 0 Å². The first-order valence-electron chi connectivity index (χ1n) is 9.79. The lowest BCUT2D eigenvalue weighted by Crippen LogP contribution is -2.29. The summed E-state index contributed by atoms with van der Waals surface area (Å²) in [6.07, 6.45) is 2.74. The van der Waals surface area contributed by atoms with Crippen LogP contribution in [0.1, 0.15) is 35.2 Å². The molecule has 1 saturated heterocycles. The van der Waals surface area contributed by atoms with Gasteiger partial charge < -0.3 is 5.11 Å². The molecular weight excluding hydrogens is 430 g/mol. The number of carbonyl (C=O) groups excluding carboxylic acids is 2. The molecule has 0 radical (unpaired) electrons. The lowest BCUT2D eigenvalue weighted by Gasteiger charge is -2.22. The molecular formula is C23H21N3O3S2. The van der Waals surface area contributed by atoms with E-state index in [0.29, 0.717) is 15.0 Å². The monoisotopic (exact) mass is 451 g/mol. The van der Waals surface area contributed by atoms with Crippen molar-refractivity contribution >= 4 is 45.7 Å². The second kappa shape index (κ2) is 8.64. The number of anilines is 1. The Labute approximate surface area is 188 Å². The molecule has 1 N–H and O–H groups in total. The number of aliphatic hydroxyl groups excluding tert-OH is 1. The molecule has 3 aromatic rings. The van der Waals surface area contributed by atoms with Crippen LogP contribution < -0.4 is 4.90 Å². The molecule has 0 saturated carbocycles. The summed E-state index contributed by atoms with van der Waals surface area (Å²) >= 11 is 2.66. The fourth-order valence-electron chi connectivity index (χ4n) is 3.53. The van der Waals surface area contributed by atoms with E-state index >= 15 is 0 Å².